The summed E-state index contributed by atoms with van der Waals surface area (Å²) in [5, 5.41) is 9.22. The standard InChI is InChI=1S/C14H18BrN3O3/c1-3-21-11-5-9-4-10-7-17(14(19)20)6-8(2)18(10)13(9)16-12(11)15/h5,8,10H,3-4,6-7H2,1-2H3,(H,19,20)/t8-,10-/m1/s1. The Hall–Kier alpha value is -1.50. The van der Waals surface area contributed by atoms with Crippen molar-refractivity contribution < 1.29 is 14.6 Å². The van der Waals surface area contributed by atoms with E-state index in [9.17, 15) is 9.90 Å². The van der Waals surface area contributed by atoms with Crippen LogP contribution in [-0.4, -0.2) is 52.9 Å². The van der Waals surface area contributed by atoms with Crippen molar-refractivity contribution in [3.8, 4) is 5.75 Å². The van der Waals surface area contributed by atoms with Crippen LogP contribution >= 0.6 is 15.9 Å². The second kappa shape index (κ2) is 5.36. The Labute approximate surface area is 131 Å². The van der Waals surface area contributed by atoms with E-state index in [2.05, 4.69) is 25.8 Å². The molecule has 0 aliphatic carbocycles. The van der Waals surface area contributed by atoms with E-state index < -0.39 is 6.09 Å². The fraction of sp³-hybridized carbons (Fsp3) is 0.571. The van der Waals surface area contributed by atoms with Crippen molar-refractivity contribution in [2.24, 2.45) is 0 Å². The number of aromatic nitrogens is 1. The number of hydrogen-bond donors (Lipinski definition) is 1. The number of anilines is 1. The number of ether oxygens (including phenoxy) is 1. The molecule has 2 atom stereocenters. The Kier molecular flexibility index (Phi) is 3.69. The van der Waals surface area contributed by atoms with E-state index in [1.165, 1.54) is 4.90 Å². The van der Waals surface area contributed by atoms with Gasteiger partial charge in [0, 0.05) is 24.7 Å². The third-order valence-corrected chi connectivity index (χ3v) is 4.62. The quantitative estimate of drug-likeness (QED) is 0.824. The third-order valence-electron chi connectivity index (χ3n) is 4.05. The molecule has 1 amide bonds. The third kappa shape index (κ3) is 2.43. The number of rotatable bonds is 2. The predicted molar refractivity (Wildman–Crippen MR) is 82.1 cm³/mol. The van der Waals surface area contributed by atoms with Crippen LogP contribution in [0.2, 0.25) is 0 Å². The number of nitrogens with zero attached hydrogens (tertiary/aromatic N) is 3. The molecule has 6 nitrogen and oxygen atoms in total. The van der Waals surface area contributed by atoms with Crippen LogP contribution in [0.15, 0.2) is 10.7 Å². The topological polar surface area (TPSA) is 65.9 Å². The highest BCUT2D eigenvalue weighted by Gasteiger charge is 2.41. The minimum atomic E-state index is -0.846. The first-order valence-corrected chi connectivity index (χ1v) is 7.89. The summed E-state index contributed by atoms with van der Waals surface area (Å²) in [4.78, 5) is 19.6. The van der Waals surface area contributed by atoms with Gasteiger partial charge in [0.05, 0.1) is 12.6 Å². The summed E-state index contributed by atoms with van der Waals surface area (Å²) in [6, 6.07) is 2.31. The molecule has 0 aromatic carbocycles. The smallest absolute Gasteiger partial charge is 0.407 e. The van der Waals surface area contributed by atoms with Crippen LogP contribution in [0.25, 0.3) is 0 Å². The summed E-state index contributed by atoms with van der Waals surface area (Å²) in [7, 11) is 0. The number of fused-ring (bicyclic) bond motifs is 3. The highest BCUT2D eigenvalue weighted by molar-refractivity contribution is 9.10. The van der Waals surface area contributed by atoms with E-state index in [1.54, 1.807) is 0 Å². The van der Waals surface area contributed by atoms with Crippen molar-refractivity contribution >= 4 is 27.8 Å². The molecule has 21 heavy (non-hydrogen) atoms. The molecule has 3 heterocycles. The summed E-state index contributed by atoms with van der Waals surface area (Å²) >= 11 is 3.46. The van der Waals surface area contributed by atoms with Crippen LogP contribution in [0.1, 0.15) is 19.4 Å². The second-order valence-electron chi connectivity index (χ2n) is 5.49. The number of amides is 1. The molecule has 0 radical (unpaired) electrons. The molecule has 0 spiro atoms. The highest BCUT2D eigenvalue weighted by atomic mass is 79.9. The molecule has 1 fully saturated rings. The number of pyridine rings is 1. The van der Waals surface area contributed by atoms with E-state index in [0.29, 0.717) is 24.3 Å². The van der Waals surface area contributed by atoms with Gasteiger partial charge in [-0.25, -0.2) is 9.78 Å². The molecule has 0 unspecified atom stereocenters. The van der Waals surface area contributed by atoms with Crippen molar-refractivity contribution in [2.75, 3.05) is 24.6 Å². The van der Waals surface area contributed by atoms with Gasteiger partial charge in [-0.2, -0.15) is 0 Å². The van der Waals surface area contributed by atoms with Gasteiger partial charge in [-0.1, -0.05) is 0 Å². The maximum absolute atomic E-state index is 11.2. The van der Waals surface area contributed by atoms with Crippen LogP contribution in [0.5, 0.6) is 5.75 Å². The maximum Gasteiger partial charge on any atom is 0.407 e. The zero-order valence-electron chi connectivity index (χ0n) is 12.0. The Morgan fingerprint density at radius 2 is 2.33 bits per heavy atom. The lowest BCUT2D eigenvalue weighted by Crippen LogP contribution is -2.57. The fourth-order valence-corrected chi connectivity index (χ4v) is 3.67. The second-order valence-corrected chi connectivity index (χ2v) is 6.25. The van der Waals surface area contributed by atoms with Crippen molar-refractivity contribution in [2.45, 2.75) is 32.4 Å². The molecular weight excluding hydrogens is 338 g/mol. The molecule has 7 heteroatoms. The summed E-state index contributed by atoms with van der Waals surface area (Å²) in [5.74, 6) is 1.70. The van der Waals surface area contributed by atoms with Gasteiger partial charge >= 0.3 is 6.09 Å². The van der Waals surface area contributed by atoms with Crippen LogP contribution in [-0.2, 0) is 6.42 Å². The van der Waals surface area contributed by atoms with Crippen molar-refractivity contribution in [1.29, 1.82) is 0 Å². The Morgan fingerprint density at radius 3 is 3.00 bits per heavy atom. The average Bonchev–Trinajstić information content (AvgIpc) is 2.77. The first-order chi connectivity index (χ1) is 10.0. The van der Waals surface area contributed by atoms with E-state index in [1.807, 2.05) is 19.9 Å². The van der Waals surface area contributed by atoms with Crippen molar-refractivity contribution in [1.82, 2.24) is 9.88 Å². The zero-order valence-corrected chi connectivity index (χ0v) is 13.6. The van der Waals surface area contributed by atoms with Crippen molar-refractivity contribution in [3.05, 3.63) is 16.2 Å². The molecule has 0 saturated carbocycles. The number of halogens is 1. The molecule has 0 bridgehead atoms. The number of carbonyl (C=O) groups is 1. The number of carboxylic acid groups (broad SMARTS) is 1. The molecular formula is C14H18BrN3O3. The fourth-order valence-electron chi connectivity index (χ4n) is 3.27. The summed E-state index contributed by atoms with van der Waals surface area (Å²) in [6.07, 6.45) is -0.0364. The normalized spacial score (nSPS) is 23.8. The monoisotopic (exact) mass is 355 g/mol. The minimum absolute atomic E-state index is 0.124. The summed E-state index contributed by atoms with van der Waals surface area (Å²) in [6.45, 7) is 5.61. The lowest BCUT2D eigenvalue weighted by atomic mass is 10.1. The lowest BCUT2D eigenvalue weighted by Gasteiger charge is -2.42. The van der Waals surface area contributed by atoms with E-state index in [-0.39, 0.29) is 12.1 Å². The molecule has 1 aromatic rings. The van der Waals surface area contributed by atoms with Gasteiger partial charge in [0.15, 0.2) is 5.75 Å². The van der Waals surface area contributed by atoms with Crippen molar-refractivity contribution in [3.63, 3.8) is 0 Å². The van der Waals surface area contributed by atoms with Gasteiger partial charge in [-0.15, -0.1) is 0 Å². The number of hydrogen-bond acceptors (Lipinski definition) is 4. The van der Waals surface area contributed by atoms with E-state index >= 15 is 0 Å². The average molecular weight is 356 g/mol. The highest BCUT2D eigenvalue weighted by Crippen LogP contribution is 2.39. The first-order valence-electron chi connectivity index (χ1n) is 7.09. The van der Waals surface area contributed by atoms with Gasteiger partial charge in [-0.05, 0) is 42.3 Å². The van der Waals surface area contributed by atoms with Crippen LogP contribution in [0, 0.1) is 0 Å². The van der Waals surface area contributed by atoms with Gasteiger partial charge in [0.1, 0.15) is 10.4 Å². The summed E-state index contributed by atoms with van der Waals surface area (Å²) in [5.41, 5.74) is 1.13. The Bertz CT molecular complexity index is 581. The molecule has 1 N–H and O–H groups in total. The predicted octanol–water partition coefficient (Wildman–Crippen LogP) is 2.36. The molecule has 1 aromatic heterocycles. The lowest BCUT2D eigenvalue weighted by molar-refractivity contribution is 0.128. The van der Waals surface area contributed by atoms with Crippen LogP contribution in [0.4, 0.5) is 10.6 Å². The largest absolute Gasteiger partial charge is 0.491 e. The summed E-state index contributed by atoms with van der Waals surface area (Å²) < 4.78 is 6.27. The van der Waals surface area contributed by atoms with Gasteiger partial charge in [0.2, 0.25) is 0 Å². The maximum atomic E-state index is 11.2. The molecule has 114 valence electrons. The van der Waals surface area contributed by atoms with Gasteiger partial charge in [-0.3, -0.25) is 0 Å². The Morgan fingerprint density at radius 1 is 1.57 bits per heavy atom. The van der Waals surface area contributed by atoms with E-state index in [4.69, 9.17) is 4.74 Å². The molecule has 3 rings (SSSR count). The molecule has 1 saturated heterocycles. The van der Waals surface area contributed by atoms with Crippen LogP contribution < -0.4 is 9.64 Å². The molecule has 2 aliphatic rings. The van der Waals surface area contributed by atoms with E-state index in [0.717, 1.165) is 23.6 Å². The Balaban J connectivity index is 1.92. The number of piperazine rings is 1. The first kappa shape index (κ1) is 14.4. The molecule has 2 aliphatic heterocycles. The SMILES string of the molecule is CCOc1cc2c(nc1Br)N1[C@H](C2)CN(C(=O)O)C[C@H]1C. The zero-order chi connectivity index (χ0) is 15.1. The van der Waals surface area contributed by atoms with Crippen LogP contribution in [0.3, 0.4) is 0 Å². The minimum Gasteiger partial charge on any atom is -0.491 e. The van der Waals surface area contributed by atoms with Gasteiger partial charge in [0.25, 0.3) is 0 Å². The van der Waals surface area contributed by atoms with Gasteiger partial charge < -0.3 is 19.6 Å².